The van der Waals surface area contributed by atoms with Gasteiger partial charge in [-0.25, -0.2) is 9.78 Å². The number of nitrogens with zero attached hydrogens (tertiary/aromatic N) is 5. The Morgan fingerprint density at radius 1 is 1.34 bits per heavy atom. The van der Waals surface area contributed by atoms with Gasteiger partial charge in [-0.2, -0.15) is 9.36 Å². The number of fused-ring (bicyclic) bond motifs is 1. The summed E-state index contributed by atoms with van der Waals surface area (Å²) in [6, 6.07) is 5.69. The Labute approximate surface area is 171 Å². The highest BCUT2D eigenvalue weighted by Crippen LogP contribution is 2.32. The van der Waals surface area contributed by atoms with Crippen molar-refractivity contribution in [3.8, 4) is 17.4 Å². The van der Waals surface area contributed by atoms with E-state index in [1.807, 2.05) is 18.2 Å². The van der Waals surface area contributed by atoms with E-state index in [0.29, 0.717) is 24.2 Å². The molecule has 0 saturated carbocycles. The molecule has 29 heavy (non-hydrogen) atoms. The molecule has 3 aromatic rings. The number of nitrogens with one attached hydrogen (secondary N) is 2. The smallest absolute Gasteiger partial charge is 0.323 e. The monoisotopic (exact) mass is 415 g/mol. The topological polar surface area (TPSA) is 106 Å². The van der Waals surface area contributed by atoms with Crippen LogP contribution in [0.4, 0.5) is 9.93 Å². The number of amides is 2. The summed E-state index contributed by atoms with van der Waals surface area (Å²) in [7, 11) is 1.60. The average molecular weight is 415 g/mol. The molecule has 152 valence electrons. The van der Waals surface area contributed by atoms with E-state index in [0.717, 1.165) is 30.0 Å². The lowest BCUT2D eigenvalue weighted by atomic mass is 10.2. The fourth-order valence-corrected chi connectivity index (χ4v) is 3.56. The van der Waals surface area contributed by atoms with Crippen molar-refractivity contribution in [3.05, 3.63) is 42.5 Å². The van der Waals surface area contributed by atoms with E-state index in [9.17, 15) is 4.79 Å². The van der Waals surface area contributed by atoms with Crippen LogP contribution in [0.2, 0.25) is 0 Å². The molecule has 2 aromatic heterocycles. The van der Waals surface area contributed by atoms with Gasteiger partial charge < -0.3 is 20.1 Å². The molecule has 0 aliphatic carbocycles. The number of ether oxygens (including phenoxy) is 2. The maximum absolute atomic E-state index is 12.3. The quantitative estimate of drug-likeness (QED) is 0.540. The minimum Gasteiger partial charge on any atom is -0.454 e. The van der Waals surface area contributed by atoms with Crippen molar-refractivity contribution in [3.63, 3.8) is 0 Å². The lowest BCUT2D eigenvalue weighted by Crippen LogP contribution is -2.39. The number of aromatic nitrogens is 4. The van der Waals surface area contributed by atoms with Crippen molar-refractivity contribution in [1.82, 2.24) is 29.5 Å². The molecular weight excluding hydrogens is 394 g/mol. The number of imidazole rings is 1. The van der Waals surface area contributed by atoms with E-state index < -0.39 is 0 Å². The van der Waals surface area contributed by atoms with Crippen molar-refractivity contribution >= 4 is 22.7 Å². The van der Waals surface area contributed by atoms with Gasteiger partial charge in [0.15, 0.2) is 11.5 Å². The van der Waals surface area contributed by atoms with Crippen LogP contribution in [0.5, 0.6) is 11.5 Å². The van der Waals surface area contributed by atoms with E-state index in [2.05, 4.69) is 25.0 Å². The van der Waals surface area contributed by atoms with Crippen LogP contribution in [0.25, 0.3) is 5.95 Å². The highest BCUT2D eigenvalue weighted by Gasteiger charge is 2.19. The highest BCUT2D eigenvalue weighted by molar-refractivity contribution is 7.10. The molecule has 0 spiro atoms. The first-order chi connectivity index (χ1) is 14.2. The fourth-order valence-electron chi connectivity index (χ4n) is 2.86. The Kier molecular flexibility index (Phi) is 5.86. The molecule has 4 rings (SSSR count). The summed E-state index contributed by atoms with van der Waals surface area (Å²) < 4.78 is 16.7. The molecule has 1 aromatic carbocycles. The number of hydrogen-bond donors (Lipinski definition) is 2. The van der Waals surface area contributed by atoms with Crippen LogP contribution < -0.4 is 25.0 Å². The van der Waals surface area contributed by atoms with E-state index in [-0.39, 0.29) is 12.8 Å². The van der Waals surface area contributed by atoms with E-state index in [1.165, 1.54) is 11.5 Å². The molecule has 0 saturated heterocycles. The van der Waals surface area contributed by atoms with Gasteiger partial charge in [0.2, 0.25) is 17.9 Å². The zero-order valence-electron chi connectivity index (χ0n) is 15.9. The zero-order valence-corrected chi connectivity index (χ0v) is 16.7. The second-order valence-corrected chi connectivity index (χ2v) is 7.00. The van der Waals surface area contributed by atoms with Gasteiger partial charge in [0.25, 0.3) is 0 Å². The maximum Gasteiger partial charge on any atom is 0.323 e. The summed E-state index contributed by atoms with van der Waals surface area (Å²) in [5, 5.41) is 6.59. The van der Waals surface area contributed by atoms with Gasteiger partial charge in [-0.1, -0.05) is 6.07 Å². The third kappa shape index (κ3) is 4.46. The van der Waals surface area contributed by atoms with Crippen LogP contribution in [0.15, 0.2) is 36.9 Å². The first-order valence-corrected chi connectivity index (χ1v) is 9.92. The van der Waals surface area contributed by atoms with Crippen LogP contribution in [0.3, 0.4) is 0 Å². The van der Waals surface area contributed by atoms with Gasteiger partial charge in [-0.15, -0.1) is 0 Å². The van der Waals surface area contributed by atoms with Crippen molar-refractivity contribution in [1.29, 1.82) is 0 Å². The Morgan fingerprint density at radius 2 is 2.24 bits per heavy atom. The van der Waals surface area contributed by atoms with Crippen molar-refractivity contribution in [2.45, 2.75) is 13.0 Å². The third-order valence-electron chi connectivity index (χ3n) is 4.33. The standard InChI is InChI=1S/C18H21N7O3S/c1-19-17(26)25(18-22-16(23-29-18)24-8-6-21-11-24)7-2-5-20-10-13-3-4-14-15(9-13)28-12-27-14/h3-4,6,8-9,11,20H,2,5,7,10,12H2,1H3,(H,19,26). The van der Waals surface area contributed by atoms with E-state index in [1.54, 1.807) is 35.2 Å². The third-order valence-corrected chi connectivity index (χ3v) is 5.06. The molecule has 0 radical (unpaired) electrons. The predicted octanol–water partition coefficient (Wildman–Crippen LogP) is 1.78. The Bertz CT molecular complexity index is 960. The summed E-state index contributed by atoms with van der Waals surface area (Å²) in [6.07, 6.45) is 5.80. The van der Waals surface area contributed by atoms with Gasteiger partial charge >= 0.3 is 6.03 Å². The number of carbonyl (C=O) groups excluding carboxylic acids is 1. The Hall–Kier alpha value is -3.18. The number of hydrogen-bond acceptors (Lipinski definition) is 8. The summed E-state index contributed by atoms with van der Waals surface area (Å²) in [5.74, 6) is 2.06. The largest absolute Gasteiger partial charge is 0.454 e. The summed E-state index contributed by atoms with van der Waals surface area (Å²) in [4.78, 5) is 22.3. The van der Waals surface area contributed by atoms with Crippen molar-refractivity contribution in [2.24, 2.45) is 0 Å². The molecule has 1 aliphatic rings. The average Bonchev–Trinajstić information content (AvgIpc) is 3.50. The van der Waals surface area contributed by atoms with Crippen LogP contribution in [-0.4, -0.2) is 51.9 Å². The highest BCUT2D eigenvalue weighted by atomic mass is 32.1. The lowest BCUT2D eigenvalue weighted by Gasteiger charge is -2.18. The predicted molar refractivity (Wildman–Crippen MR) is 108 cm³/mol. The zero-order chi connectivity index (χ0) is 20.1. The molecule has 0 unspecified atom stereocenters. The van der Waals surface area contributed by atoms with Gasteiger partial charge in [0.05, 0.1) is 0 Å². The van der Waals surface area contributed by atoms with Crippen LogP contribution in [0.1, 0.15) is 12.0 Å². The van der Waals surface area contributed by atoms with Crippen LogP contribution in [0, 0.1) is 0 Å². The molecule has 10 nitrogen and oxygen atoms in total. The Balaban J connectivity index is 1.29. The van der Waals surface area contributed by atoms with Crippen molar-refractivity contribution < 1.29 is 14.3 Å². The summed E-state index contributed by atoms with van der Waals surface area (Å²) in [6.45, 7) is 2.25. The molecule has 11 heteroatoms. The molecule has 1 aliphatic heterocycles. The van der Waals surface area contributed by atoms with Gasteiger partial charge in [0.1, 0.15) is 6.33 Å². The molecule has 2 N–H and O–H groups in total. The second-order valence-electron chi connectivity index (χ2n) is 6.27. The maximum atomic E-state index is 12.3. The van der Waals surface area contributed by atoms with E-state index in [4.69, 9.17) is 9.47 Å². The molecule has 3 heterocycles. The molecule has 0 bridgehead atoms. The second kappa shape index (κ2) is 8.88. The number of carbonyl (C=O) groups is 1. The normalized spacial score (nSPS) is 12.2. The van der Waals surface area contributed by atoms with Gasteiger partial charge in [-0.3, -0.25) is 9.47 Å². The first-order valence-electron chi connectivity index (χ1n) is 9.15. The molecule has 2 amide bonds. The number of benzene rings is 1. The first kappa shape index (κ1) is 19.2. The number of urea groups is 1. The Morgan fingerprint density at radius 3 is 3.07 bits per heavy atom. The SMILES string of the molecule is CNC(=O)N(CCCNCc1ccc2c(c1)OCO2)c1nc(-n2ccnc2)ns1. The lowest BCUT2D eigenvalue weighted by molar-refractivity contribution is 0.174. The minimum atomic E-state index is -0.214. The van der Waals surface area contributed by atoms with Crippen molar-refractivity contribution in [2.75, 3.05) is 31.8 Å². The minimum absolute atomic E-state index is 0.214. The van der Waals surface area contributed by atoms with Gasteiger partial charge in [-0.05, 0) is 30.7 Å². The molecule has 0 atom stereocenters. The number of rotatable bonds is 8. The molecule has 0 fully saturated rings. The van der Waals surface area contributed by atoms with Crippen LogP contribution >= 0.6 is 11.5 Å². The van der Waals surface area contributed by atoms with Gasteiger partial charge in [0, 0.05) is 44.1 Å². The fraction of sp³-hybridized carbons (Fsp3) is 0.333. The van der Waals surface area contributed by atoms with Crippen LogP contribution in [-0.2, 0) is 6.54 Å². The molecular formula is C18H21N7O3S. The number of anilines is 1. The summed E-state index contributed by atoms with van der Waals surface area (Å²) >= 11 is 1.18. The summed E-state index contributed by atoms with van der Waals surface area (Å²) in [5.41, 5.74) is 1.12. The van der Waals surface area contributed by atoms with E-state index >= 15 is 0 Å².